The Bertz CT molecular complexity index is 1160. The molecule has 4 fully saturated rings. The van der Waals surface area contributed by atoms with Crippen LogP contribution in [0.5, 0.6) is 0 Å². The van der Waals surface area contributed by atoms with E-state index in [1.165, 1.54) is 12.5 Å². The van der Waals surface area contributed by atoms with Crippen molar-refractivity contribution in [3.8, 4) is 0 Å². The molecule has 6 nitrogen and oxygen atoms in total. The minimum atomic E-state index is -0.558. The molecule has 36 heavy (non-hydrogen) atoms. The van der Waals surface area contributed by atoms with Crippen LogP contribution in [0.2, 0.25) is 0 Å². The van der Waals surface area contributed by atoms with Gasteiger partial charge in [-0.2, -0.15) is 0 Å². The number of hydrogen-bond acceptors (Lipinski definition) is 5. The molecular formula is C29H40FN3O3. The molecule has 0 unspecified atom stereocenters. The van der Waals surface area contributed by atoms with Gasteiger partial charge < -0.3 is 9.84 Å². The van der Waals surface area contributed by atoms with Gasteiger partial charge in [0.25, 0.3) is 0 Å². The van der Waals surface area contributed by atoms with Crippen molar-refractivity contribution in [1.82, 2.24) is 15.0 Å². The molecule has 4 saturated carbocycles. The number of aliphatic hydroxyl groups is 1. The van der Waals surface area contributed by atoms with E-state index in [1.807, 2.05) is 14.0 Å². The molecule has 7 heteroatoms. The molecule has 1 aromatic carbocycles. The van der Waals surface area contributed by atoms with Gasteiger partial charge >= 0.3 is 0 Å². The Balaban J connectivity index is 1.24. The number of benzene rings is 1. The summed E-state index contributed by atoms with van der Waals surface area (Å²) in [6.07, 6.45) is 9.37. The average Bonchev–Trinajstić information content (AvgIpc) is 3.41. The van der Waals surface area contributed by atoms with Crippen LogP contribution < -0.4 is 0 Å². The van der Waals surface area contributed by atoms with E-state index in [4.69, 9.17) is 4.74 Å². The van der Waals surface area contributed by atoms with Crippen molar-refractivity contribution >= 4 is 16.8 Å². The SMILES string of the molecule is COC[C@]12CC[C@@](C)(O)C[C@H]1CC[C@H]1[C@@H]3CC[C@H](C(=O)Cn4nnc5c(F)cccc54)[C@@]3(C)CC[C@@H]12. The van der Waals surface area contributed by atoms with E-state index in [2.05, 4.69) is 17.2 Å². The number of ether oxygens (including phenoxy) is 1. The summed E-state index contributed by atoms with van der Waals surface area (Å²) in [5, 5.41) is 19.0. The number of rotatable bonds is 5. The number of fused-ring (bicyclic) bond motifs is 6. The quantitative estimate of drug-likeness (QED) is 0.616. The van der Waals surface area contributed by atoms with Gasteiger partial charge in [-0.05, 0) is 111 Å². The highest BCUT2D eigenvalue weighted by Gasteiger charge is 2.63. The van der Waals surface area contributed by atoms with Crippen LogP contribution in [-0.4, -0.2) is 45.2 Å². The smallest absolute Gasteiger partial charge is 0.157 e. The summed E-state index contributed by atoms with van der Waals surface area (Å²) in [5.74, 6) is 2.13. The maximum Gasteiger partial charge on any atom is 0.157 e. The van der Waals surface area contributed by atoms with Gasteiger partial charge in [-0.3, -0.25) is 4.79 Å². The van der Waals surface area contributed by atoms with Crippen molar-refractivity contribution in [2.24, 2.45) is 40.4 Å². The van der Waals surface area contributed by atoms with Gasteiger partial charge in [-0.15, -0.1) is 5.10 Å². The number of ketones is 1. The van der Waals surface area contributed by atoms with E-state index in [9.17, 15) is 14.3 Å². The van der Waals surface area contributed by atoms with Crippen molar-refractivity contribution in [2.45, 2.75) is 83.8 Å². The first-order chi connectivity index (χ1) is 17.2. The van der Waals surface area contributed by atoms with E-state index in [1.54, 1.807) is 16.8 Å². The predicted octanol–water partition coefficient (Wildman–Crippen LogP) is 5.18. The summed E-state index contributed by atoms with van der Waals surface area (Å²) in [7, 11) is 1.83. The molecule has 8 atom stereocenters. The minimum Gasteiger partial charge on any atom is -0.390 e. The highest BCUT2D eigenvalue weighted by atomic mass is 19.1. The molecule has 1 aromatic heterocycles. The van der Waals surface area contributed by atoms with Crippen molar-refractivity contribution in [3.05, 3.63) is 24.0 Å². The van der Waals surface area contributed by atoms with Gasteiger partial charge in [0.05, 0.1) is 17.7 Å². The number of carbonyl (C=O) groups is 1. The number of aromatic nitrogens is 3. The minimum absolute atomic E-state index is 0.00113. The van der Waals surface area contributed by atoms with Crippen molar-refractivity contribution < 1.29 is 19.0 Å². The Morgan fingerprint density at radius 2 is 1.97 bits per heavy atom. The van der Waals surface area contributed by atoms with Gasteiger partial charge in [0.15, 0.2) is 11.6 Å². The lowest BCUT2D eigenvalue weighted by Gasteiger charge is -2.62. The molecule has 2 aromatic rings. The van der Waals surface area contributed by atoms with Crippen molar-refractivity contribution in [1.29, 1.82) is 0 Å². The topological polar surface area (TPSA) is 77.2 Å². The van der Waals surface area contributed by atoms with Crippen LogP contribution in [0.3, 0.4) is 0 Å². The lowest BCUT2D eigenvalue weighted by molar-refractivity contribution is -0.175. The first-order valence-corrected chi connectivity index (χ1v) is 13.9. The highest BCUT2D eigenvalue weighted by molar-refractivity contribution is 5.84. The van der Waals surface area contributed by atoms with E-state index < -0.39 is 11.4 Å². The Morgan fingerprint density at radius 1 is 1.14 bits per heavy atom. The first-order valence-electron chi connectivity index (χ1n) is 13.9. The molecule has 4 aliphatic rings. The average molecular weight is 498 g/mol. The summed E-state index contributed by atoms with van der Waals surface area (Å²) in [6, 6.07) is 4.81. The number of Topliss-reactive ketones (excluding diaryl/α,β-unsaturated/α-hetero) is 1. The van der Waals surface area contributed by atoms with Gasteiger partial charge in [0, 0.05) is 13.0 Å². The van der Waals surface area contributed by atoms with E-state index in [0.717, 1.165) is 58.0 Å². The van der Waals surface area contributed by atoms with Crippen molar-refractivity contribution in [3.63, 3.8) is 0 Å². The molecule has 0 spiro atoms. The summed E-state index contributed by atoms with van der Waals surface area (Å²) in [5.41, 5.74) is 0.415. The lowest BCUT2D eigenvalue weighted by atomic mass is 9.43. The molecule has 1 heterocycles. The molecule has 0 bridgehead atoms. The molecule has 196 valence electrons. The molecule has 4 aliphatic carbocycles. The molecular weight excluding hydrogens is 457 g/mol. The zero-order chi connectivity index (χ0) is 25.3. The summed E-state index contributed by atoms with van der Waals surface area (Å²) in [4.78, 5) is 13.7. The van der Waals surface area contributed by atoms with Crippen LogP contribution in [0.4, 0.5) is 4.39 Å². The van der Waals surface area contributed by atoms with Crippen LogP contribution in [0.15, 0.2) is 18.2 Å². The zero-order valence-electron chi connectivity index (χ0n) is 21.9. The summed E-state index contributed by atoms with van der Waals surface area (Å²) >= 11 is 0. The Morgan fingerprint density at radius 3 is 2.78 bits per heavy atom. The molecule has 1 N–H and O–H groups in total. The van der Waals surface area contributed by atoms with Gasteiger partial charge in [0.2, 0.25) is 0 Å². The van der Waals surface area contributed by atoms with Gasteiger partial charge in [-0.1, -0.05) is 18.2 Å². The highest BCUT2D eigenvalue weighted by Crippen LogP contribution is 2.68. The third kappa shape index (κ3) is 3.59. The maximum absolute atomic E-state index is 14.1. The largest absolute Gasteiger partial charge is 0.390 e. The second kappa shape index (κ2) is 8.59. The van der Waals surface area contributed by atoms with Gasteiger partial charge in [0.1, 0.15) is 12.1 Å². The molecule has 0 amide bonds. The molecule has 6 rings (SSSR count). The standard InChI is InChI=1S/C29H40FN3O3/c1-27(35)13-14-29(17-36-3)18(15-27)7-8-19-20-9-10-22(28(20,2)12-11-21(19)29)25(34)16-33-24-6-4-5-23(30)26(24)31-32-33/h4-6,18-22,35H,7-17H2,1-3H3/t18-,19+,20+,21+,22-,27-,28+,29-/m1/s1. The van der Waals surface area contributed by atoms with Gasteiger partial charge in [-0.25, -0.2) is 9.07 Å². The van der Waals surface area contributed by atoms with E-state index in [0.29, 0.717) is 29.2 Å². The number of carbonyl (C=O) groups excluding carboxylic acids is 1. The number of hydrogen-bond donors (Lipinski definition) is 1. The summed E-state index contributed by atoms with van der Waals surface area (Å²) in [6.45, 7) is 5.32. The van der Waals surface area contributed by atoms with Crippen molar-refractivity contribution in [2.75, 3.05) is 13.7 Å². The fourth-order valence-electron chi connectivity index (χ4n) is 9.64. The third-order valence-corrected chi connectivity index (χ3v) is 11.3. The molecule has 0 aliphatic heterocycles. The van der Waals surface area contributed by atoms with Crippen LogP contribution in [0, 0.1) is 46.2 Å². The fourth-order valence-corrected chi connectivity index (χ4v) is 9.64. The zero-order valence-corrected chi connectivity index (χ0v) is 21.9. The number of methoxy groups -OCH3 is 1. The summed E-state index contributed by atoms with van der Waals surface area (Å²) < 4.78 is 21.6. The van der Waals surface area contributed by atoms with Crippen LogP contribution >= 0.6 is 0 Å². The van der Waals surface area contributed by atoms with Crippen LogP contribution in [0.1, 0.15) is 71.6 Å². The first kappa shape index (κ1) is 24.5. The molecule has 0 saturated heterocycles. The third-order valence-electron chi connectivity index (χ3n) is 11.3. The van der Waals surface area contributed by atoms with E-state index >= 15 is 0 Å². The predicted molar refractivity (Wildman–Crippen MR) is 135 cm³/mol. The molecule has 0 radical (unpaired) electrons. The number of nitrogens with zero attached hydrogens (tertiary/aromatic N) is 3. The monoisotopic (exact) mass is 497 g/mol. The number of halogens is 1. The van der Waals surface area contributed by atoms with Crippen LogP contribution in [0.25, 0.3) is 11.0 Å². The normalized spacial score (nSPS) is 42.1. The second-order valence-corrected chi connectivity index (χ2v) is 13.0. The fraction of sp³-hybridized carbons (Fsp3) is 0.759. The second-order valence-electron chi connectivity index (χ2n) is 13.0. The van der Waals surface area contributed by atoms with E-state index in [-0.39, 0.29) is 34.6 Å². The Kier molecular flexibility index (Phi) is 5.84. The Labute approximate surface area is 213 Å². The lowest BCUT2D eigenvalue weighted by Crippen LogP contribution is -2.58. The van der Waals surface area contributed by atoms with Crippen LogP contribution in [-0.2, 0) is 16.1 Å². The Hall–Kier alpha value is -1.86. The maximum atomic E-state index is 14.1.